The highest BCUT2D eigenvalue weighted by Crippen LogP contribution is 2.24. The van der Waals surface area contributed by atoms with Gasteiger partial charge in [-0.05, 0) is 12.8 Å². The lowest BCUT2D eigenvalue weighted by Gasteiger charge is -2.28. The topological polar surface area (TPSA) is 23.5 Å². The van der Waals surface area contributed by atoms with Gasteiger partial charge in [0.15, 0.2) is 0 Å². The molecule has 12 heavy (non-hydrogen) atoms. The summed E-state index contributed by atoms with van der Waals surface area (Å²) >= 11 is 0. The van der Waals surface area contributed by atoms with Gasteiger partial charge >= 0.3 is 0 Å². The Hall–Kier alpha value is -0.500. The summed E-state index contributed by atoms with van der Waals surface area (Å²) in [5.74, 6) is 0. The number of aliphatic hydroxyl groups excluding tert-OH is 1. The second-order valence-electron chi connectivity index (χ2n) is 3.55. The molecule has 0 radical (unpaired) electrons. The zero-order chi connectivity index (χ0) is 9.14. The van der Waals surface area contributed by atoms with Gasteiger partial charge in [-0.3, -0.25) is 0 Å². The maximum Gasteiger partial charge on any atom is 0.0769 e. The fourth-order valence-corrected chi connectivity index (χ4v) is 1.95. The van der Waals surface area contributed by atoms with Gasteiger partial charge in [-0.25, -0.2) is 0 Å². The smallest absolute Gasteiger partial charge is 0.0769 e. The summed E-state index contributed by atoms with van der Waals surface area (Å²) in [6, 6.07) is 0.578. The average molecular weight is 169 g/mol. The Morgan fingerprint density at radius 2 is 2.17 bits per heavy atom. The fraction of sp³-hybridized carbons (Fsp3) is 0.800. The molecule has 1 aliphatic rings. The lowest BCUT2D eigenvalue weighted by molar-refractivity contribution is 0.159. The molecule has 1 N–H and O–H groups in total. The largest absolute Gasteiger partial charge is 0.391 e. The summed E-state index contributed by atoms with van der Waals surface area (Å²) in [4.78, 5) is 2.25. The van der Waals surface area contributed by atoms with Gasteiger partial charge < -0.3 is 10.0 Å². The van der Waals surface area contributed by atoms with Crippen molar-refractivity contribution in [3.8, 4) is 0 Å². The summed E-state index contributed by atoms with van der Waals surface area (Å²) in [6.07, 6.45) is 2.86. The minimum Gasteiger partial charge on any atom is -0.391 e. The Kier molecular flexibility index (Phi) is 3.15. The third kappa shape index (κ3) is 1.81. The number of nitrogens with zero attached hydrogens (tertiary/aromatic N) is 1. The number of aliphatic hydroxyl groups is 1. The first kappa shape index (κ1) is 9.59. The first-order valence-corrected chi connectivity index (χ1v) is 4.81. The second-order valence-corrected chi connectivity index (χ2v) is 3.55. The molecule has 0 bridgehead atoms. The molecule has 0 amide bonds. The van der Waals surface area contributed by atoms with Gasteiger partial charge in [0.1, 0.15) is 0 Å². The van der Waals surface area contributed by atoms with Crippen LogP contribution in [-0.4, -0.2) is 28.7 Å². The quantitative estimate of drug-likeness (QED) is 0.696. The Bertz CT molecular complexity index is 163. The van der Waals surface area contributed by atoms with Crippen molar-refractivity contribution < 1.29 is 5.11 Å². The van der Waals surface area contributed by atoms with E-state index in [1.165, 1.54) is 0 Å². The average Bonchev–Trinajstić information content (AvgIpc) is 2.34. The molecule has 1 saturated heterocycles. The molecule has 2 heteroatoms. The standard InChI is InChI=1S/C10H19NO/c1-4-9(5-2)11-7-10(12)6-8(11)3/h9-10,12H,3-7H2,1-2H3/t10-/m1/s1. The van der Waals surface area contributed by atoms with Crippen LogP contribution in [0.1, 0.15) is 33.1 Å². The molecular weight excluding hydrogens is 150 g/mol. The van der Waals surface area contributed by atoms with Crippen molar-refractivity contribution in [3.05, 3.63) is 12.3 Å². The molecule has 0 unspecified atom stereocenters. The number of hydrogen-bond donors (Lipinski definition) is 1. The first-order valence-electron chi connectivity index (χ1n) is 4.81. The lowest BCUT2D eigenvalue weighted by atomic mass is 10.1. The fourth-order valence-electron chi connectivity index (χ4n) is 1.95. The highest BCUT2D eigenvalue weighted by atomic mass is 16.3. The summed E-state index contributed by atoms with van der Waals surface area (Å²) in [7, 11) is 0. The van der Waals surface area contributed by atoms with E-state index in [4.69, 9.17) is 0 Å². The highest BCUT2D eigenvalue weighted by molar-refractivity contribution is 5.05. The molecule has 1 heterocycles. The van der Waals surface area contributed by atoms with Crippen LogP contribution in [0.2, 0.25) is 0 Å². The van der Waals surface area contributed by atoms with Crippen molar-refractivity contribution in [3.63, 3.8) is 0 Å². The first-order chi connectivity index (χ1) is 5.69. The van der Waals surface area contributed by atoms with E-state index >= 15 is 0 Å². The Balaban J connectivity index is 2.56. The summed E-state index contributed by atoms with van der Waals surface area (Å²) in [6.45, 7) is 9.12. The van der Waals surface area contributed by atoms with Crippen LogP contribution in [0.3, 0.4) is 0 Å². The number of β-amino-alcohol motifs (C(OH)–C–C–N with tert-alkyl or cyclic N) is 1. The van der Waals surface area contributed by atoms with Crippen molar-refractivity contribution in [2.75, 3.05) is 6.54 Å². The SMILES string of the molecule is C=C1C[C@@H](O)CN1C(CC)CC. The second kappa shape index (κ2) is 3.94. The maximum atomic E-state index is 9.41. The molecule has 70 valence electrons. The molecular formula is C10H19NO. The van der Waals surface area contributed by atoms with Gasteiger partial charge in [-0.2, -0.15) is 0 Å². The minimum absolute atomic E-state index is 0.182. The van der Waals surface area contributed by atoms with Crippen molar-refractivity contribution in [2.24, 2.45) is 0 Å². The summed E-state index contributed by atoms with van der Waals surface area (Å²) in [5.41, 5.74) is 1.11. The lowest BCUT2D eigenvalue weighted by Crippen LogP contribution is -2.31. The van der Waals surface area contributed by atoms with E-state index in [1.807, 2.05) is 0 Å². The van der Waals surface area contributed by atoms with Gasteiger partial charge in [0.2, 0.25) is 0 Å². The molecule has 1 atom stereocenters. The normalized spacial score (nSPS) is 24.2. The Morgan fingerprint density at radius 1 is 1.58 bits per heavy atom. The number of hydrogen-bond acceptors (Lipinski definition) is 2. The van der Waals surface area contributed by atoms with E-state index in [2.05, 4.69) is 25.3 Å². The Morgan fingerprint density at radius 3 is 2.50 bits per heavy atom. The Labute approximate surface area is 74.9 Å². The molecule has 1 rings (SSSR count). The molecule has 0 aromatic rings. The van der Waals surface area contributed by atoms with Crippen molar-refractivity contribution in [1.29, 1.82) is 0 Å². The summed E-state index contributed by atoms with van der Waals surface area (Å²) in [5, 5.41) is 9.41. The van der Waals surface area contributed by atoms with Crippen LogP contribution in [0.25, 0.3) is 0 Å². The van der Waals surface area contributed by atoms with Crippen LogP contribution in [-0.2, 0) is 0 Å². The van der Waals surface area contributed by atoms with E-state index in [9.17, 15) is 5.11 Å². The van der Waals surface area contributed by atoms with Gasteiger partial charge in [0.05, 0.1) is 6.10 Å². The van der Waals surface area contributed by atoms with Crippen LogP contribution in [0.15, 0.2) is 12.3 Å². The molecule has 0 aromatic heterocycles. The van der Waals surface area contributed by atoms with Gasteiger partial charge in [-0.15, -0.1) is 0 Å². The molecule has 1 aliphatic heterocycles. The van der Waals surface area contributed by atoms with E-state index in [1.54, 1.807) is 0 Å². The van der Waals surface area contributed by atoms with Crippen molar-refractivity contribution in [1.82, 2.24) is 4.90 Å². The predicted octanol–water partition coefficient (Wildman–Crippen LogP) is 1.76. The van der Waals surface area contributed by atoms with Crippen LogP contribution < -0.4 is 0 Å². The van der Waals surface area contributed by atoms with E-state index in [0.29, 0.717) is 6.04 Å². The molecule has 0 aliphatic carbocycles. The zero-order valence-electron chi connectivity index (χ0n) is 8.08. The predicted molar refractivity (Wildman–Crippen MR) is 50.8 cm³/mol. The zero-order valence-corrected chi connectivity index (χ0v) is 8.08. The van der Waals surface area contributed by atoms with Crippen molar-refractivity contribution in [2.45, 2.75) is 45.3 Å². The minimum atomic E-state index is -0.182. The summed E-state index contributed by atoms with van der Waals surface area (Å²) < 4.78 is 0. The van der Waals surface area contributed by atoms with E-state index in [0.717, 1.165) is 31.5 Å². The van der Waals surface area contributed by atoms with E-state index in [-0.39, 0.29) is 6.10 Å². The van der Waals surface area contributed by atoms with Gasteiger partial charge in [0.25, 0.3) is 0 Å². The number of rotatable bonds is 3. The molecule has 0 spiro atoms. The monoisotopic (exact) mass is 169 g/mol. The maximum absolute atomic E-state index is 9.41. The van der Waals surface area contributed by atoms with Crippen LogP contribution in [0.5, 0.6) is 0 Å². The van der Waals surface area contributed by atoms with Crippen LogP contribution in [0, 0.1) is 0 Å². The molecule has 2 nitrogen and oxygen atoms in total. The van der Waals surface area contributed by atoms with Gasteiger partial charge in [0, 0.05) is 24.7 Å². The van der Waals surface area contributed by atoms with Crippen LogP contribution >= 0.6 is 0 Å². The van der Waals surface area contributed by atoms with Gasteiger partial charge in [-0.1, -0.05) is 20.4 Å². The molecule has 0 aromatic carbocycles. The molecule has 0 saturated carbocycles. The highest BCUT2D eigenvalue weighted by Gasteiger charge is 2.27. The third-order valence-electron chi connectivity index (χ3n) is 2.67. The van der Waals surface area contributed by atoms with E-state index < -0.39 is 0 Å². The molecule has 1 fully saturated rings. The third-order valence-corrected chi connectivity index (χ3v) is 2.67. The van der Waals surface area contributed by atoms with Crippen molar-refractivity contribution >= 4 is 0 Å². The van der Waals surface area contributed by atoms with Crippen LogP contribution in [0.4, 0.5) is 0 Å². The number of likely N-dealkylation sites (tertiary alicyclic amines) is 1.